The summed E-state index contributed by atoms with van der Waals surface area (Å²) in [6, 6.07) is 11.2. The van der Waals surface area contributed by atoms with Crippen molar-refractivity contribution in [2.75, 3.05) is 57.8 Å². The van der Waals surface area contributed by atoms with E-state index in [-0.39, 0.29) is 24.0 Å². The van der Waals surface area contributed by atoms with Crippen molar-refractivity contribution in [2.24, 2.45) is 0 Å². The summed E-state index contributed by atoms with van der Waals surface area (Å²) in [4.78, 5) is 33.5. The second-order valence-electron chi connectivity index (χ2n) is 9.39. The minimum atomic E-state index is -0.213. The number of morpholine rings is 1. The predicted octanol–water partition coefficient (Wildman–Crippen LogP) is 1.19. The first-order valence-electron chi connectivity index (χ1n) is 11.2. The largest absolute Gasteiger partial charge is 0.368 e. The maximum absolute atomic E-state index is 13.1. The molecule has 30 heavy (non-hydrogen) atoms. The lowest BCUT2D eigenvalue weighted by Crippen LogP contribution is -2.61. The molecule has 7 heteroatoms. The molecule has 2 amide bonds. The van der Waals surface area contributed by atoms with Crippen molar-refractivity contribution >= 4 is 17.5 Å². The molecule has 4 heterocycles. The monoisotopic (exact) mass is 412 g/mol. The second-order valence-corrected chi connectivity index (χ2v) is 9.39. The highest BCUT2D eigenvalue weighted by atomic mass is 16.5. The molecule has 4 aliphatic rings. The maximum atomic E-state index is 13.1. The number of hydrogen-bond donors (Lipinski definition) is 0. The van der Waals surface area contributed by atoms with Crippen molar-refractivity contribution in [3.8, 4) is 0 Å². The molecule has 2 unspecified atom stereocenters. The zero-order valence-electron chi connectivity index (χ0n) is 17.8. The quantitative estimate of drug-likeness (QED) is 0.747. The van der Waals surface area contributed by atoms with Crippen LogP contribution < -0.4 is 4.90 Å². The number of ether oxygens (including phenoxy) is 1. The van der Waals surface area contributed by atoms with E-state index < -0.39 is 0 Å². The van der Waals surface area contributed by atoms with Crippen LogP contribution in [-0.4, -0.2) is 97.1 Å². The normalized spacial score (nSPS) is 32.2. The van der Waals surface area contributed by atoms with Crippen molar-refractivity contribution in [1.29, 1.82) is 0 Å². The average Bonchev–Trinajstić information content (AvgIpc) is 3.01. The SMILES string of the molecule is CN1CC2(CC3CCC(C2)N3CC(=O)N2CCN(c3ccccc3)CC2)OCC1=O. The van der Waals surface area contributed by atoms with Gasteiger partial charge in [-0.2, -0.15) is 0 Å². The summed E-state index contributed by atoms with van der Waals surface area (Å²) >= 11 is 0. The third-order valence-electron chi connectivity index (χ3n) is 7.51. The van der Waals surface area contributed by atoms with Gasteiger partial charge in [0.05, 0.1) is 12.1 Å². The number of benzene rings is 1. The molecule has 162 valence electrons. The van der Waals surface area contributed by atoms with Crippen molar-refractivity contribution in [2.45, 2.75) is 43.4 Å². The van der Waals surface area contributed by atoms with E-state index in [9.17, 15) is 9.59 Å². The molecule has 0 radical (unpaired) electrons. The number of piperazine rings is 1. The van der Waals surface area contributed by atoms with Gasteiger partial charge in [0, 0.05) is 57.5 Å². The van der Waals surface area contributed by atoms with Gasteiger partial charge in [0.2, 0.25) is 11.8 Å². The molecule has 1 spiro atoms. The molecule has 5 rings (SSSR count). The number of piperidine rings is 1. The van der Waals surface area contributed by atoms with Gasteiger partial charge in [0.1, 0.15) is 6.61 Å². The summed E-state index contributed by atoms with van der Waals surface area (Å²) in [6.07, 6.45) is 4.11. The van der Waals surface area contributed by atoms with Gasteiger partial charge in [-0.3, -0.25) is 14.5 Å². The Morgan fingerprint density at radius 2 is 1.73 bits per heavy atom. The molecule has 7 nitrogen and oxygen atoms in total. The Balaban J connectivity index is 1.16. The molecule has 0 N–H and O–H groups in total. The zero-order chi connectivity index (χ0) is 20.7. The fourth-order valence-electron chi connectivity index (χ4n) is 5.90. The highest BCUT2D eigenvalue weighted by Gasteiger charge is 2.51. The van der Waals surface area contributed by atoms with E-state index in [4.69, 9.17) is 4.74 Å². The molecule has 1 aromatic carbocycles. The first kappa shape index (κ1) is 19.8. The Hall–Kier alpha value is -2.12. The maximum Gasteiger partial charge on any atom is 0.248 e. The number of carbonyl (C=O) groups is 2. The van der Waals surface area contributed by atoms with Crippen molar-refractivity contribution in [3.63, 3.8) is 0 Å². The highest BCUT2D eigenvalue weighted by molar-refractivity contribution is 5.79. The highest BCUT2D eigenvalue weighted by Crippen LogP contribution is 2.43. The molecule has 2 atom stereocenters. The number of carbonyl (C=O) groups excluding carboxylic acids is 2. The molecule has 1 aromatic rings. The molecule has 4 aliphatic heterocycles. The van der Waals surface area contributed by atoms with Gasteiger partial charge in [-0.05, 0) is 37.8 Å². The Bertz CT molecular complexity index is 779. The average molecular weight is 413 g/mol. The summed E-state index contributed by atoms with van der Waals surface area (Å²) in [5, 5.41) is 0. The van der Waals surface area contributed by atoms with Crippen molar-refractivity contribution < 1.29 is 14.3 Å². The number of fused-ring (bicyclic) bond motifs is 2. The summed E-state index contributed by atoms with van der Waals surface area (Å²) < 4.78 is 6.07. The van der Waals surface area contributed by atoms with Crippen molar-refractivity contribution in [3.05, 3.63) is 30.3 Å². The van der Waals surface area contributed by atoms with E-state index in [1.807, 2.05) is 22.9 Å². The van der Waals surface area contributed by atoms with Gasteiger partial charge in [-0.25, -0.2) is 0 Å². The molecule has 4 fully saturated rings. The lowest BCUT2D eigenvalue weighted by molar-refractivity contribution is -0.174. The first-order chi connectivity index (χ1) is 14.5. The van der Waals surface area contributed by atoms with Crippen LogP contribution in [0.3, 0.4) is 0 Å². The number of amides is 2. The van der Waals surface area contributed by atoms with Gasteiger partial charge in [-0.15, -0.1) is 0 Å². The minimum absolute atomic E-state index is 0.0697. The molecule has 0 aromatic heterocycles. The van der Waals surface area contributed by atoms with Crippen LogP contribution in [0.25, 0.3) is 0 Å². The third-order valence-corrected chi connectivity index (χ3v) is 7.51. The number of hydrogen-bond acceptors (Lipinski definition) is 5. The van der Waals surface area contributed by atoms with Gasteiger partial charge in [0.15, 0.2) is 0 Å². The van der Waals surface area contributed by atoms with Gasteiger partial charge in [-0.1, -0.05) is 18.2 Å². The van der Waals surface area contributed by atoms with E-state index in [0.717, 1.165) is 51.9 Å². The predicted molar refractivity (Wildman–Crippen MR) is 114 cm³/mol. The number of nitrogens with zero attached hydrogens (tertiary/aromatic N) is 4. The van der Waals surface area contributed by atoms with E-state index >= 15 is 0 Å². The van der Waals surface area contributed by atoms with Crippen molar-refractivity contribution in [1.82, 2.24) is 14.7 Å². The summed E-state index contributed by atoms with van der Waals surface area (Å²) in [5.41, 5.74) is 1.02. The number of rotatable bonds is 3. The molecule has 2 bridgehead atoms. The lowest BCUT2D eigenvalue weighted by atomic mass is 9.84. The van der Waals surface area contributed by atoms with Gasteiger partial charge < -0.3 is 19.4 Å². The summed E-state index contributed by atoms with van der Waals surface area (Å²) in [6.45, 7) is 4.75. The molecular formula is C23H32N4O3. The van der Waals surface area contributed by atoms with Crippen LogP contribution in [0.2, 0.25) is 0 Å². The van der Waals surface area contributed by atoms with Crippen LogP contribution in [-0.2, 0) is 14.3 Å². The van der Waals surface area contributed by atoms with Crippen LogP contribution in [0.4, 0.5) is 5.69 Å². The van der Waals surface area contributed by atoms with Gasteiger partial charge in [0.25, 0.3) is 0 Å². The van der Waals surface area contributed by atoms with Crippen LogP contribution in [0.1, 0.15) is 25.7 Å². The Labute approximate surface area is 178 Å². The first-order valence-corrected chi connectivity index (χ1v) is 11.2. The van der Waals surface area contributed by atoms with Gasteiger partial charge >= 0.3 is 0 Å². The van der Waals surface area contributed by atoms with Crippen LogP contribution in [0, 0.1) is 0 Å². The van der Waals surface area contributed by atoms with Crippen LogP contribution in [0.5, 0.6) is 0 Å². The smallest absolute Gasteiger partial charge is 0.248 e. The van der Waals surface area contributed by atoms with Crippen LogP contribution in [0.15, 0.2) is 30.3 Å². The molecule has 4 saturated heterocycles. The minimum Gasteiger partial charge on any atom is -0.368 e. The Kier molecular flexibility index (Phi) is 5.19. The Morgan fingerprint density at radius 3 is 2.37 bits per heavy atom. The lowest BCUT2D eigenvalue weighted by Gasteiger charge is -2.49. The van der Waals surface area contributed by atoms with E-state index in [1.165, 1.54) is 5.69 Å². The van der Waals surface area contributed by atoms with E-state index in [1.54, 1.807) is 0 Å². The van der Waals surface area contributed by atoms with Crippen LogP contribution >= 0.6 is 0 Å². The zero-order valence-corrected chi connectivity index (χ0v) is 17.8. The van der Waals surface area contributed by atoms with E-state index in [0.29, 0.717) is 25.2 Å². The third kappa shape index (κ3) is 3.69. The number of para-hydroxylation sites is 1. The molecule has 0 saturated carbocycles. The molecular weight excluding hydrogens is 380 g/mol. The standard InChI is InChI=1S/C23H32N4O3/c1-24-17-23(30-16-22(24)29)13-19-7-8-20(14-23)27(19)15-21(28)26-11-9-25(10-12-26)18-5-3-2-4-6-18/h2-6,19-20H,7-17H2,1H3. The Morgan fingerprint density at radius 1 is 1.07 bits per heavy atom. The van der Waals surface area contributed by atoms with E-state index in [2.05, 4.69) is 34.1 Å². The topological polar surface area (TPSA) is 56.3 Å². The number of likely N-dealkylation sites (N-methyl/N-ethyl adjacent to an activating group) is 1. The fourth-order valence-corrected chi connectivity index (χ4v) is 5.90. The molecule has 0 aliphatic carbocycles. The summed E-state index contributed by atoms with van der Waals surface area (Å²) in [7, 11) is 1.87. The second kappa shape index (κ2) is 7.85. The fraction of sp³-hybridized carbons (Fsp3) is 0.652. The summed E-state index contributed by atoms with van der Waals surface area (Å²) in [5.74, 6) is 0.327. The number of anilines is 1.